The van der Waals surface area contributed by atoms with Crippen molar-refractivity contribution in [3.63, 3.8) is 0 Å². The van der Waals surface area contributed by atoms with Crippen LogP contribution < -0.4 is 10.1 Å². The van der Waals surface area contributed by atoms with Gasteiger partial charge in [0.1, 0.15) is 11.4 Å². The normalized spacial score (nSPS) is 16.3. The van der Waals surface area contributed by atoms with Gasteiger partial charge >= 0.3 is 5.97 Å². The highest BCUT2D eigenvalue weighted by Gasteiger charge is 2.38. The number of nitrogens with one attached hydrogen (secondary N) is 1. The maximum Gasteiger partial charge on any atom is 0.338 e. The zero-order valence-electron chi connectivity index (χ0n) is 18.3. The van der Waals surface area contributed by atoms with Crippen molar-refractivity contribution in [1.82, 2.24) is 0 Å². The predicted octanol–water partition coefficient (Wildman–Crippen LogP) is 5.48. The van der Waals surface area contributed by atoms with Crippen LogP contribution in [-0.2, 0) is 15.6 Å². The molecule has 30 heavy (non-hydrogen) atoms. The van der Waals surface area contributed by atoms with Crippen LogP contribution in [0.25, 0.3) is 0 Å². The summed E-state index contributed by atoms with van der Waals surface area (Å²) in [6, 6.07) is 8.30. The minimum atomic E-state index is -0.625. The van der Waals surface area contributed by atoms with Gasteiger partial charge in [-0.1, -0.05) is 27.7 Å². The van der Waals surface area contributed by atoms with Gasteiger partial charge in [0.05, 0.1) is 30.4 Å². The average molecular weight is 412 g/mol. The molecule has 3 rings (SSSR count). The summed E-state index contributed by atoms with van der Waals surface area (Å²) in [5.41, 5.74) is 3.27. The summed E-state index contributed by atoms with van der Waals surface area (Å²) in [4.78, 5) is 22.9. The Hall–Kier alpha value is -3.09. The molecule has 0 radical (unpaired) electrons. The molecule has 0 saturated carbocycles. The SMILES string of the molecule is COC(=O)c1ccc(Nc2cc3c(cc2OC)C(C)(C)CCC3(C)C)c([N+](=O)[O-])c1. The fourth-order valence-electron chi connectivity index (χ4n) is 4.04. The van der Waals surface area contributed by atoms with Crippen molar-refractivity contribution in [1.29, 1.82) is 0 Å². The number of anilines is 2. The van der Waals surface area contributed by atoms with Gasteiger partial charge in [-0.15, -0.1) is 0 Å². The minimum Gasteiger partial charge on any atom is -0.495 e. The molecule has 0 aliphatic heterocycles. The van der Waals surface area contributed by atoms with Crippen LogP contribution in [0.3, 0.4) is 0 Å². The molecule has 1 N–H and O–H groups in total. The quantitative estimate of drug-likeness (QED) is 0.397. The molecule has 1 aliphatic rings. The van der Waals surface area contributed by atoms with Gasteiger partial charge in [-0.2, -0.15) is 0 Å². The van der Waals surface area contributed by atoms with E-state index in [9.17, 15) is 14.9 Å². The standard InChI is InChI=1S/C23H28N2O5/c1-22(2)9-10-23(3,4)16-13-20(29-5)18(12-15(16)22)24-17-8-7-14(21(26)30-6)11-19(17)25(27)28/h7-8,11-13,24H,9-10H2,1-6H3. The molecule has 7 heteroatoms. The number of carbonyl (C=O) groups excluding carboxylic acids is 1. The largest absolute Gasteiger partial charge is 0.495 e. The third-order valence-corrected chi connectivity index (χ3v) is 6.06. The Bertz CT molecular complexity index is 1010. The molecule has 0 bridgehead atoms. The van der Waals surface area contributed by atoms with Crippen molar-refractivity contribution in [3.05, 3.63) is 57.1 Å². The van der Waals surface area contributed by atoms with Gasteiger partial charge < -0.3 is 14.8 Å². The zero-order chi connectivity index (χ0) is 22.3. The topological polar surface area (TPSA) is 90.7 Å². The van der Waals surface area contributed by atoms with Crippen molar-refractivity contribution in [3.8, 4) is 5.75 Å². The molecule has 160 valence electrons. The van der Waals surface area contributed by atoms with Crippen LogP contribution in [0.2, 0.25) is 0 Å². The Morgan fingerprint density at radius 2 is 1.60 bits per heavy atom. The summed E-state index contributed by atoms with van der Waals surface area (Å²) in [6.45, 7) is 8.88. The Labute approximate surface area is 176 Å². The van der Waals surface area contributed by atoms with E-state index in [4.69, 9.17) is 4.74 Å². The maximum atomic E-state index is 11.8. The van der Waals surface area contributed by atoms with Gasteiger partial charge in [0, 0.05) is 6.07 Å². The first-order chi connectivity index (χ1) is 14.0. The first-order valence-electron chi connectivity index (χ1n) is 9.87. The van der Waals surface area contributed by atoms with E-state index in [0.29, 0.717) is 11.4 Å². The lowest BCUT2D eigenvalue weighted by Crippen LogP contribution is -2.33. The molecule has 0 atom stereocenters. The number of nitrogens with zero attached hydrogens (tertiary/aromatic N) is 1. The Morgan fingerprint density at radius 1 is 1.00 bits per heavy atom. The van der Waals surface area contributed by atoms with Crippen molar-refractivity contribution < 1.29 is 19.2 Å². The van der Waals surface area contributed by atoms with Gasteiger partial charge in [0.25, 0.3) is 5.69 Å². The predicted molar refractivity (Wildman–Crippen MR) is 116 cm³/mol. The van der Waals surface area contributed by atoms with E-state index in [1.54, 1.807) is 7.11 Å². The summed E-state index contributed by atoms with van der Waals surface area (Å²) in [5, 5.41) is 14.8. The lowest BCUT2D eigenvalue weighted by atomic mass is 9.63. The van der Waals surface area contributed by atoms with E-state index < -0.39 is 10.9 Å². The molecule has 0 spiro atoms. The number of carbonyl (C=O) groups is 1. The Morgan fingerprint density at radius 3 is 2.13 bits per heavy atom. The second kappa shape index (κ2) is 7.63. The van der Waals surface area contributed by atoms with Gasteiger partial charge in [-0.05, 0) is 59.1 Å². The first-order valence-corrected chi connectivity index (χ1v) is 9.87. The van der Waals surface area contributed by atoms with Crippen LogP contribution in [0.4, 0.5) is 17.1 Å². The molecule has 2 aromatic rings. The molecule has 0 amide bonds. The highest BCUT2D eigenvalue weighted by molar-refractivity contribution is 5.91. The molecule has 1 aliphatic carbocycles. The van der Waals surface area contributed by atoms with Gasteiger partial charge in [0.15, 0.2) is 0 Å². The summed E-state index contributed by atoms with van der Waals surface area (Å²) < 4.78 is 10.3. The molecule has 7 nitrogen and oxygen atoms in total. The summed E-state index contributed by atoms with van der Waals surface area (Å²) in [5.74, 6) is -0.00846. The number of rotatable bonds is 5. The fraction of sp³-hybridized carbons (Fsp3) is 0.435. The number of hydrogen-bond donors (Lipinski definition) is 1. The molecule has 0 heterocycles. The van der Waals surface area contributed by atoms with Crippen molar-refractivity contribution in [2.24, 2.45) is 0 Å². The summed E-state index contributed by atoms with van der Waals surface area (Å²) >= 11 is 0. The van der Waals surface area contributed by atoms with Gasteiger partial charge in [0.2, 0.25) is 0 Å². The lowest BCUT2D eigenvalue weighted by molar-refractivity contribution is -0.383. The van der Waals surface area contributed by atoms with Crippen LogP contribution in [0.15, 0.2) is 30.3 Å². The van der Waals surface area contributed by atoms with E-state index >= 15 is 0 Å². The van der Waals surface area contributed by atoms with Crippen molar-refractivity contribution in [2.45, 2.75) is 51.4 Å². The van der Waals surface area contributed by atoms with Crippen LogP contribution in [0.5, 0.6) is 5.75 Å². The smallest absolute Gasteiger partial charge is 0.338 e. The van der Waals surface area contributed by atoms with Crippen molar-refractivity contribution in [2.75, 3.05) is 19.5 Å². The van der Waals surface area contributed by atoms with Gasteiger partial charge in [-0.25, -0.2) is 4.79 Å². The number of hydrogen-bond acceptors (Lipinski definition) is 6. The average Bonchev–Trinajstić information content (AvgIpc) is 2.70. The molecular formula is C23H28N2O5. The van der Waals surface area contributed by atoms with E-state index in [0.717, 1.165) is 12.8 Å². The molecule has 0 saturated heterocycles. The highest BCUT2D eigenvalue weighted by Crippen LogP contribution is 2.49. The van der Waals surface area contributed by atoms with Gasteiger partial charge in [-0.3, -0.25) is 10.1 Å². The number of benzene rings is 2. The van der Waals surface area contributed by atoms with E-state index in [-0.39, 0.29) is 27.8 Å². The minimum absolute atomic E-state index is 0.0187. The number of ether oxygens (including phenoxy) is 2. The number of esters is 1. The zero-order valence-corrected chi connectivity index (χ0v) is 18.3. The molecule has 0 unspecified atom stereocenters. The summed E-state index contributed by atoms with van der Waals surface area (Å²) in [6.07, 6.45) is 2.12. The summed E-state index contributed by atoms with van der Waals surface area (Å²) in [7, 11) is 2.82. The number of nitro benzene ring substituents is 1. The van der Waals surface area contributed by atoms with E-state index in [2.05, 4.69) is 37.7 Å². The Balaban J connectivity index is 2.12. The number of fused-ring (bicyclic) bond motifs is 1. The molecule has 2 aromatic carbocycles. The first kappa shape index (κ1) is 21.6. The number of methoxy groups -OCH3 is 2. The van der Waals surface area contributed by atoms with Crippen LogP contribution in [0, 0.1) is 10.1 Å². The van der Waals surface area contributed by atoms with Crippen LogP contribution in [-0.4, -0.2) is 25.1 Å². The third kappa shape index (κ3) is 3.84. The monoisotopic (exact) mass is 412 g/mol. The lowest BCUT2D eigenvalue weighted by Gasteiger charge is -2.42. The molecule has 0 aromatic heterocycles. The van der Waals surface area contributed by atoms with E-state index in [1.165, 1.54) is 36.4 Å². The van der Waals surface area contributed by atoms with Crippen molar-refractivity contribution >= 4 is 23.0 Å². The second-order valence-corrected chi connectivity index (χ2v) is 8.97. The second-order valence-electron chi connectivity index (χ2n) is 8.97. The van der Waals surface area contributed by atoms with E-state index in [1.807, 2.05) is 12.1 Å². The number of nitro groups is 1. The highest BCUT2D eigenvalue weighted by atomic mass is 16.6. The van der Waals surface area contributed by atoms with Crippen LogP contribution >= 0.6 is 0 Å². The third-order valence-electron chi connectivity index (χ3n) is 6.06. The van der Waals surface area contributed by atoms with Crippen LogP contribution in [0.1, 0.15) is 62.0 Å². The molecule has 0 fully saturated rings. The Kier molecular flexibility index (Phi) is 5.50. The maximum absolute atomic E-state index is 11.8. The molecular weight excluding hydrogens is 384 g/mol. The fourth-order valence-corrected chi connectivity index (χ4v) is 4.04.